The number of nitrogens with zero attached hydrogens (tertiary/aromatic N) is 1. The number of hydrogen-bond acceptors (Lipinski definition) is 3. The molecule has 0 aromatic heterocycles. The van der Waals surface area contributed by atoms with Crippen molar-refractivity contribution < 1.29 is 9.90 Å². The molecule has 0 radical (unpaired) electrons. The Morgan fingerprint density at radius 3 is 2.28 bits per heavy atom. The molecule has 0 aromatic rings. The lowest BCUT2D eigenvalue weighted by Crippen LogP contribution is -2.53. The molecule has 1 saturated carbocycles. The van der Waals surface area contributed by atoms with Gasteiger partial charge in [0.1, 0.15) is 0 Å². The van der Waals surface area contributed by atoms with Gasteiger partial charge in [0, 0.05) is 18.1 Å². The fraction of sp³-hybridized carbons (Fsp3) is 0.929. The van der Waals surface area contributed by atoms with Crippen LogP contribution in [0.2, 0.25) is 0 Å². The van der Waals surface area contributed by atoms with Crippen LogP contribution in [0.1, 0.15) is 51.4 Å². The van der Waals surface area contributed by atoms with Gasteiger partial charge in [0.05, 0.1) is 12.0 Å². The van der Waals surface area contributed by atoms with Crippen LogP contribution in [-0.2, 0) is 4.79 Å². The standard InChI is InChI=1S/C14H24N2O2/c15-13-4-2-1-3-12(13)14(18)16-9-5-6-10(16)8-11(17)7-9/h9-13,17H,1-8,15H2. The van der Waals surface area contributed by atoms with Crippen LogP contribution in [0.5, 0.6) is 0 Å². The molecule has 102 valence electrons. The third-order valence-electron chi connectivity index (χ3n) is 5.10. The summed E-state index contributed by atoms with van der Waals surface area (Å²) in [7, 11) is 0. The van der Waals surface area contributed by atoms with Crippen LogP contribution in [0, 0.1) is 5.92 Å². The summed E-state index contributed by atoms with van der Waals surface area (Å²) >= 11 is 0. The molecule has 4 atom stereocenters. The summed E-state index contributed by atoms with van der Waals surface area (Å²) in [6.07, 6.45) is 7.71. The molecule has 3 rings (SSSR count). The molecule has 0 aromatic carbocycles. The Labute approximate surface area is 109 Å². The highest BCUT2D eigenvalue weighted by molar-refractivity contribution is 5.80. The molecule has 0 spiro atoms. The molecule has 1 aliphatic carbocycles. The predicted molar refractivity (Wildman–Crippen MR) is 68.8 cm³/mol. The zero-order valence-electron chi connectivity index (χ0n) is 10.9. The highest BCUT2D eigenvalue weighted by atomic mass is 16.3. The maximum Gasteiger partial charge on any atom is 0.227 e. The summed E-state index contributed by atoms with van der Waals surface area (Å²) in [4.78, 5) is 14.8. The number of nitrogens with two attached hydrogens (primary N) is 1. The number of carbonyl (C=O) groups is 1. The van der Waals surface area contributed by atoms with E-state index in [1.165, 1.54) is 0 Å². The van der Waals surface area contributed by atoms with Crippen LogP contribution in [0.25, 0.3) is 0 Å². The zero-order valence-corrected chi connectivity index (χ0v) is 10.9. The Hall–Kier alpha value is -0.610. The van der Waals surface area contributed by atoms with Crippen molar-refractivity contribution in [2.75, 3.05) is 0 Å². The van der Waals surface area contributed by atoms with E-state index in [9.17, 15) is 9.90 Å². The normalized spacial score (nSPS) is 44.1. The molecule has 3 fully saturated rings. The second-order valence-electron chi connectivity index (χ2n) is 6.31. The molecule has 4 unspecified atom stereocenters. The fourth-order valence-electron chi connectivity index (χ4n) is 4.17. The maximum atomic E-state index is 12.7. The van der Waals surface area contributed by atoms with Crippen molar-refractivity contribution >= 4 is 5.91 Å². The maximum absolute atomic E-state index is 12.7. The van der Waals surface area contributed by atoms with E-state index >= 15 is 0 Å². The van der Waals surface area contributed by atoms with Crippen molar-refractivity contribution in [3.8, 4) is 0 Å². The molecule has 3 N–H and O–H groups in total. The van der Waals surface area contributed by atoms with Crippen molar-refractivity contribution in [3.05, 3.63) is 0 Å². The number of aliphatic hydroxyl groups excluding tert-OH is 1. The lowest BCUT2D eigenvalue weighted by Gasteiger charge is -2.41. The van der Waals surface area contributed by atoms with Crippen LogP contribution < -0.4 is 5.73 Å². The molecule has 3 aliphatic rings. The van der Waals surface area contributed by atoms with Gasteiger partial charge in [-0.3, -0.25) is 4.79 Å². The average Bonchev–Trinajstić information content (AvgIpc) is 2.61. The highest BCUT2D eigenvalue weighted by Gasteiger charge is 2.45. The Balaban J connectivity index is 1.72. The monoisotopic (exact) mass is 252 g/mol. The first-order chi connectivity index (χ1) is 8.66. The molecule has 18 heavy (non-hydrogen) atoms. The Kier molecular flexibility index (Phi) is 3.32. The Bertz CT molecular complexity index is 320. The second-order valence-corrected chi connectivity index (χ2v) is 6.31. The van der Waals surface area contributed by atoms with E-state index in [0.717, 1.165) is 51.4 Å². The SMILES string of the molecule is NC1CCCCC1C(=O)N1C2CCC1CC(O)C2. The van der Waals surface area contributed by atoms with E-state index < -0.39 is 0 Å². The summed E-state index contributed by atoms with van der Waals surface area (Å²) in [6.45, 7) is 0. The van der Waals surface area contributed by atoms with Gasteiger partial charge in [0.2, 0.25) is 5.91 Å². The molecule has 4 nitrogen and oxygen atoms in total. The van der Waals surface area contributed by atoms with E-state index in [1.807, 2.05) is 0 Å². The van der Waals surface area contributed by atoms with Crippen LogP contribution in [0.3, 0.4) is 0 Å². The number of rotatable bonds is 1. The summed E-state index contributed by atoms with van der Waals surface area (Å²) < 4.78 is 0. The minimum absolute atomic E-state index is 0.0390. The lowest BCUT2D eigenvalue weighted by atomic mass is 9.83. The molecule has 2 aliphatic heterocycles. The quantitative estimate of drug-likeness (QED) is 0.732. The van der Waals surface area contributed by atoms with Gasteiger partial charge in [-0.25, -0.2) is 0 Å². The van der Waals surface area contributed by atoms with Gasteiger partial charge in [-0.05, 0) is 38.5 Å². The van der Waals surface area contributed by atoms with Gasteiger partial charge >= 0.3 is 0 Å². The molecule has 1 amide bonds. The molecule has 4 heteroatoms. The Morgan fingerprint density at radius 1 is 1.06 bits per heavy atom. The average molecular weight is 252 g/mol. The van der Waals surface area contributed by atoms with Crippen LogP contribution in [-0.4, -0.2) is 40.1 Å². The molecule has 2 heterocycles. The van der Waals surface area contributed by atoms with Gasteiger partial charge in [-0.1, -0.05) is 12.8 Å². The van der Waals surface area contributed by atoms with Gasteiger partial charge in [0.15, 0.2) is 0 Å². The minimum atomic E-state index is -0.202. The largest absolute Gasteiger partial charge is 0.393 e. The third kappa shape index (κ3) is 2.05. The highest BCUT2D eigenvalue weighted by Crippen LogP contribution is 2.38. The summed E-state index contributed by atoms with van der Waals surface area (Å²) in [6, 6.07) is 0.609. The predicted octanol–water partition coefficient (Wildman–Crippen LogP) is 1.02. The van der Waals surface area contributed by atoms with E-state index in [0.29, 0.717) is 0 Å². The number of fused-ring (bicyclic) bond motifs is 2. The third-order valence-corrected chi connectivity index (χ3v) is 5.10. The number of aliphatic hydroxyl groups is 1. The summed E-state index contributed by atoms with van der Waals surface area (Å²) in [5, 5.41) is 9.79. The molecule has 2 saturated heterocycles. The number of hydrogen-bond donors (Lipinski definition) is 2. The summed E-state index contributed by atoms with van der Waals surface area (Å²) in [5.74, 6) is 0.318. The fourth-order valence-corrected chi connectivity index (χ4v) is 4.17. The van der Waals surface area contributed by atoms with Crippen LogP contribution in [0.15, 0.2) is 0 Å². The first-order valence-electron chi connectivity index (χ1n) is 7.42. The smallest absolute Gasteiger partial charge is 0.227 e. The zero-order chi connectivity index (χ0) is 12.7. The topological polar surface area (TPSA) is 66.6 Å². The van der Waals surface area contributed by atoms with E-state index in [-0.39, 0.29) is 36.1 Å². The summed E-state index contributed by atoms with van der Waals surface area (Å²) in [5.41, 5.74) is 6.13. The lowest BCUT2D eigenvalue weighted by molar-refractivity contribution is -0.143. The Morgan fingerprint density at radius 2 is 1.67 bits per heavy atom. The van der Waals surface area contributed by atoms with E-state index in [2.05, 4.69) is 4.90 Å². The first kappa shape index (κ1) is 12.4. The molecular weight excluding hydrogens is 228 g/mol. The first-order valence-corrected chi connectivity index (χ1v) is 7.42. The van der Waals surface area contributed by atoms with Crippen molar-refractivity contribution in [1.82, 2.24) is 4.90 Å². The number of piperidine rings is 1. The van der Waals surface area contributed by atoms with Crippen molar-refractivity contribution in [3.63, 3.8) is 0 Å². The molecular formula is C14H24N2O2. The van der Waals surface area contributed by atoms with Gasteiger partial charge in [-0.15, -0.1) is 0 Å². The van der Waals surface area contributed by atoms with Gasteiger partial charge < -0.3 is 15.7 Å². The number of carbonyl (C=O) groups excluding carboxylic acids is 1. The van der Waals surface area contributed by atoms with Crippen LogP contribution in [0.4, 0.5) is 0 Å². The van der Waals surface area contributed by atoms with Crippen molar-refractivity contribution in [2.24, 2.45) is 11.7 Å². The van der Waals surface area contributed by atoms with Gasteiger partial charge in [0.25, 0.3) is 0 Å². The van der Waals surface area contributed by atoms with Gasteiger partial charge in [-0.2, -0.15) is 0 Å². The van der Waals surface area contributed by atoms with E-state index in [1.54, 1.807) is 0 Å². The van der Waals surface area contributed by atoms with Crippen molar-refractivity contribution in [2.45, 2.75) is 75.6 Å². The number of amides is 1. The molecule has 2 bridgehead atoms. The minimum Gasteiger partial charge on any atom is -0.393 e. The second kappa shape index (κ2) is 4.82. The van der Waals surface area contributed by atoms with Crippen LogP contribution >= 0.6 is 0 Å². The van der Waals surface area contributed by atoms with E-state index in [4.69, 9.17) is 5.73 Å². The van der Waals surface area contributed by atoms with Crippen molar-refractivity contribution in [1.29, 1.82) is 0 Å².